The van der Waals surface area contributed by atoms with Crippen molar-refractivity contribution in [3.63, 3.8) is 0 Å². The van der Waals surface area contributed by atoms with Crippen LogP contribution in [-0.2, 0) is 0 Å². The highest BCUT2D eigenvalue weighted by Crippen LogP contribution is 2.44. The van der Waals surface area contributed by atoms with E-state index in [0.717, 1.165) is 39.9 Å². The number of ether oxygens (including phenoxy) is 1. The van der Waals surface area contributed by atoms with Gasteiger partial charge in [0.25, 0.3) is 0 Å². The minimum absolute atomic E-state index is 0.0665. The summed E-state index contributed by atoms with van der Waals surface area (Å²) in [6.07, 6.45) is 1.84. The Morgan fingerprint density at radius 3 is 2.39 bits per heavy atom. The molecule has 0 bridgehead atoms. The molecule has 1 fully saturated rings. The van der Waals surface area contributed by atoms with Crippen molar-refractivity contribution in [3.05, 3.63) is 102 Å². The number of rotatable bonds is 6. The molecular weight excluding hydrogens is 466 g/mol. The van der Waals surface area contributed by atoms with Gasteiger partial charge in [0.2, 0.25) is 0 Å². The molecule has 36 heavy (non-hydrogen) atoms. The first kappa shape index (κ1) is 23.9. The number of aromatic nitrogens is 2. The van der Waals surface area contributed by atoms with E-state index in [2.05, 4.69) is 82.1 Å². The van der Waals surface area contributed by atoms with Crippen LogP contribution in [0.3, 0.4) is 0 Å². The molecular formula is C29H31N5OS. The molecule has 1 N–H and O–H groups in total. The maximum atomic E-state index is 5.92. The van der Waals surface area contributed by atoms with Crippen molar-refractivity contribution < 1.29 is 4.74 Å². The lowest BCUT2D eigenvalue weighted by atomic mass is 9.96. The zero-order valence-corrected chi connectivity index (χ0v) is 22.1. The fraction of sp³-hybridized carbons (Fsp3) is 0.241. The van der Waals surface area contributed by atoms with Gasteiger partial charge in [-0.15, -0.1) is 0 Å². The minimum atomic E-state index is -0.0912. The number of pyridine rings is 1. The van der Waals surface area contributed by atoms with Crippen LogP contribution in [0.2, 0.25) is 0 Å². The van der Waals surface area contributed by atoms with Crippen molar-refractivity contribution in [1.29, 1.82) is 0 Å². The van der Waals surface area contributed by atoms with Gasteiger partial charge in [0.1, 0.15) is 5.75 Å². The third-order valence-electron chi connectivity index (χ3n) is 6.84. The summed E-state index contributed by atoms with van der Waals surface area (Å²) in [4.78, 5) is 9.02. The lowest BCUT2D eigenvalue weighted by Gasteiger charge is -2.28. The van der Waals surface area contributed by atoms with Crippen molar-refractivity contribution in [3.8, 4) is 11.4 Å². The quantitative estimate of drug-likeness (QED) is 0.343. The second-order valence-corrected chi connectivity index (χ2v) is 9.66. The van der Waals surface area contributed by atoms with E-state index in [0.29, 0.717) is 5.11 Å². The Bertz CT molecular complexity index is 1380. The molecule has 0 amide bonds. The lowest BCUT2D eigenvalue weighted by molar-refractivity contribution is 0.414. The molecule has 0 saturated carbocycles. The Morgan fingerprint density at radius 2 is 1.72 bits per heavy atom. The minimum Gasteiger partial charge on any atom is -0.497 e. The topological polar surface area (TPSA) is 45.6 Å². The molecule has 0 aliphatic carbocycles. The molecule has 2 aromatic heterocycles. The summed E-state index contributed by atoms with van der Waals surface area (Å²) >= 11 is 5.92. The molecule has 0 radical (unpaired) electrons. The number of methoxy groups -OCH3 is 1. The zero-order valence-electron chi connectivity index (χ0n) is 21.3. The Labute approximate surface area is 218 Å². The number of aryl methyl sites for hydroxylation is 1. The highest BCUT2D eigenvalue weighted by molar-refractivity contribution is 7.80. The van der Waals surface area contributed by atoms with Gasteiger partial charge in [0, 0.05) is 54.8 Å². The summed E-state index contributed by atoms with van der Waals surface area (Å²) in [6.45, 7) is 4.31. The molecule has 0 spiro atoms. The Morgan fingerprint density at radius 1 is 0.944 bits per heavy atom. The number of benzene rings is 2. The molecule has 3 heterocycles. The smallest absolute Gasteiger partial charge is 0.174 e. The average Bonchev–Trinajstić information content (AvgIpc) is 3.39. The van der Waals surface area contributed by atoms with Crippen LogP contribution in [0.15, 0.2) is 79.0 Å². The SMILES string of the molecule is COc1cccc(-n2c(C)cc(C3C(c4ccccn4)NC(=S)N3c3ccc(N(C)C)cc3)c2C)c1. The maximum Gasteiger partial charge on any atom is 0.174 e. The summed E-state index contributed by atoms with van der Waals surface area (Å²) in [5.41, 5.74) is 7.74. The predicted octanol–water partition coefficient (Wildman–Crippen LogP) is 5.74. The van der Waals surface area contributed by atoms with E-state index >= 15 is 0 Å². The molecule has 5 rings (SSSR count). The van der Waals surface area contributed by atoms with Gasteiger partial charge in [-0.05, 0) is 86.2 Å². The molecule has 1 aliphatic heterocycles. The number of hydrogen-bond acceptors (Lipinski definition) is 4. The van der Waals surface area contributed by atoms with Crippen LogP contribution >= 0.6 is 12.2 Å². The largest absolute Gasteiger partial charge is 0.497 e. The molecule has 1 aliphatic rings. The van der Waals surface area contributed by atoms with Gasteiger partial charge in [0.15, 0.2) is 5.11 Å². The fourth-order valence-electron chi connectivity index (χ4n) is 5.09. The number of nitrogens with zero attached hydrogens (tertiary/aromatic N) is 4. The highest BCUT2D eigenvalue weighted by atomic mass is 32.1. The lowest BCUT2D eigenvalue weighted by Crippen LogP contribution is -2.29. The van der Waals surface area contributed by atoms with E-state index in [1.54, 1.807) is 7.11 Å². The summed E-state index contributed by atoms with van der Waals surface area (Å²) in [6, 6.07) is 24.8. The van der Waals surface area contributed by atoms with Gasteiger partial charge in [0.05, 0.1) is 24.9 Å². The summed E-state index contributed by atoms with van der Waals surface area (Å²) in [5.74, 6) is 0.833. The second kappa shape index (κ2) is 9.66. The second-order valence-electron chi connectivity index (χ2n) is 9.27. The van der Waals surface area contributed by atoms with E-state index in [1.165, 1.54) is 5.56 Å². The fourth-order valence-corrected chi connectivity index (χ4v) is 5.44. The normalized spacial score (nSPS) is 17.2. The van der Waals surface area contributed by atoms with Crippen molar-refractivity contribution in [2.45, 2.75) is 25.9 Å². The van der Waals surface area contributed by atoms with Crippen LogP contribution in [0.4, 0.5) is 11.4 Å². The van der Waals surface area contributed by atoms with Crippen LogP contribution in [-0.4, -0.2) is 35.9 Å². The summed E-state index contributed by atoms with van der Waals surface area (Å²) < 4.78 is 7.77. The zero-order chi connectivity index (χ0) is 25.4. The van der Waals surface area contributed by atoms with Crippen molar-refractivity contribution in [1.82, 2.24) is 14.9 Å². The number of anilines is 2. The molecule has 184 valence electrons. The summed E-state index contributed by atoms with van der Waals surface area (Å²) in [5, 5.41) is 4.27. The van der Waals surface area contributed by atoms with Gasteiger partial charge < -0.3 is 24.4 Å². The van der Waals surface area contributed by atoms with Crippen molar-refractivity contribution in [2.75, 3.05) is 31.0 Å². The maximum absolute atomic E-state index is 5.92. The van der Waals surface area contributed by atoms with Gasteiger partial charge in [-0.2, -0.15) is 0 Å². The van der Waals surface area contributed by atoms with Crippen LogP contribution in [0.1, 0.15) is 34.7 Å². The Hall–Kier alpha value is -3.84. The third kappa shape index (κ3) is 4.20. The first-order chi connectivity index (χ1) is 17.4. The van der Waals surface area contributed by atoms with Gasteiger partial charge in [-0.1, -0.05) is 12.1 Å². The first-order valence-corrected chi connectivity index (χ1v) is 12.4. The average molecular weight is 498 g/mol. The molecule has 2 atom stereocenters. The van der Waals surface area contributed by atoms with E-state index in [-0.39, 0.29) is 12.1 Å². The monoisotopic (exact) mass is 497 g/mol. The number of thiocarbonyl (C=S) groups is 1. The Kier molecular flexibility index (Phi) is 6.41. The van der Waals surface area contributed by atoms with Crippen molar-refractivity contribution in [2.24, 2.45) is 0 Å². The molecule has 4 aromatic rings. The number of nitrogens with one attached hydrogen (secondary N) is 1. The van der Waals surface area contributed by atoms with Crippen LogP contribution < -0.4 is 19.9 Å². The molecule has 2 aromatic carbocycles. The van der Waals surface area contributed by atoms with E-state index < -0.39 is 0 Å². The first-order valence-electron chi connectivity index (χ1n) is 12.0. The standard InChI is InChI=1S/C29H31N5OS/c1-19-17-25(20(2)33(19)23-9-8-10-24(18-23)35-5)28-27(26-11-6-7-16-30-26)31-29(36)34(28)22-14-12-21(13-15-22)32(3)4/h6-18,27-28H,1-5H3,(H,31,36). The number of hydrogen-bond donors (Lipinski definition) is 1. The third-order valence-corrected chi connectivity index (χ3v) is 7.16. The molecule has 1 saturated heterocycles. The van der Waals surface area contributed by atoms with Gasteiger partial charge in [-0.25, -0.2) is 0 Å². The van der Waals surface area contributed by atoms with E-state index in [9.17, 15) is 0 Å². The molecule has 7 heteroatoms. The Balaban J connectivity index is 1.65. The summed E-state index contributed by atoms with van der Waals surface area (Å²) in [7, 11) is 5.79. The van der Waals surface area contributed by atoms with Gasteiger partial charge in [-0.3, -0.25) is 4.98 Å². The molecule has 2 unspecified atom stereocenters. The van der Waals surface area contributed by atoms with E-state index in [4.69, 9.17) is 21.9 Å². The molecule has 6 nitrogen and oxygen atoms in total. The van der Waals surface area contributed by atoms with Crippen molar-refractivity contribution >= 4 is 28.7 Å². The highest BCUT2D eigenvalue weighted by Gasteiger charge is 2.42. The van der Waals surface area contributed by atoms with Crippen LogP contribution in [0.25, 0.3) is 5.69 Å². The van der Waals surface area contributed by atoms with Crippen LogP contribution in [0.5, 0.6) is 5.75 Å². The van der Waals surface area contributed by atoms with Gasteiger partial charge >= 0.3 is 0 Å². The van der Waals surface area contributed by atoms with Crippen LogP contribution in [0, 0.1) is 13.8 Å². The van der Waals surface area contributed by atoms with E-state index in [1.807, 2.05) is 44.6 Å². The predicted molar refractivity (Wildman–Crippen MR) is 150 cm³/mol.